The Balaban J connectivity index is 2.14. The minimum atomic E-state index is -0.542. The summed E-state index contributed by atoms with van der Waals surface area (Å²) in [6.07, 6.45) is 2.89. The fourth-order valence-electron chi connectivity index (χ4n) is 2.77. The number of hydrogen-bond acceptors (Lipinski definition) is 7. The monoisotopic (exact) mass is 414 g/mol. The molecule has 0 aliphatic carbocycles. The molecule has 0 amide bonds. The fourth-order valence-corrected chi connectivity index (χ4v) is 2.77. The van der Waals surface area contributed by atoms with E-state index in [0.717, 1.165) is 0 Å². The quantitative estimate of drug-likeness (QED) is 0.329. The molecule has 0 radical (unpaired) electrons. The van der Waals surface area contributed by atoms with E-state index in [2.05, 4.69) is 0 Å². The van der Waals surface area contributed by atoms with Gasteiger partial charge in [0.25, 0.3) is 0 Å². The lowest BCUT2D eigenvalue weighted by Crippen LogP contribution is -2.05. The summed E-state index contributed by atoms with van der Waals surface area (Å²) in [5.74, 6) is 1.38. The minimum Gasteiger partial charge on any atom is -0.493 e. The number of Topliss-reactive ketones (excluding diaryl/α,β-unsaturated/α-hetero) is 1. The lowest BCUT2D eigenvalue weighted by Gasteiger charge is -2.13. The number of methoxy groups -OCH3 is 3. The van der Waals surface area contributed by atoms with Gasteiger partial charge in [0.1, 0.15) is 12.4 Å². The summed E-state index contributed by atoms with van der Waals surface area (Å²) in [7, 11) is 4.55. The second kappa shape index (κ2) is 10.9. The zero-order chi connectivity index (χ0) is 22.1. The van der Waals surface area contributed by atoms with Crippen molar-refractivity contribution >= 4 is 17.8 Å². The molecule has 0 saturated heterocycles. The predicted molar refractivity (Wildman–Crippen MR) is 113 cm³/mol. The molecule has 0 aliphatic heterocycles. The van der Waals surface area contributed by atoms with E-state index >= 15 is 0 Å². The molecule has 7 heteroatoms. The number of rotatable bonds is 10. The fraction of sp³-hybridized carbons (Fsp3) is 0.304. The first-order chi connectivity index (χ1) is 14.4. The van der Waals surface area contributed by atoms with Crippen molar-refractivity contribution in [2.24, 2.45) is 0 Å². The highest BCUT2D eigenvalue weighted by Gasteiger charge is 2.13. The van der Waals surface area contributed by atoms with Crippen molar-refractivity contribution in [1.82, 2.24) is 0 Å². The predicted octanol–water partition coefficient (Wildman–Crippen LogP) is 4.07. The third kappa shape index (κ3) is 5.76. The van der Waals surface area contributed by atoms with Crippen LogP contribution in [0.15, 0.2) is 36.4 Å². The molecule has 0 aliphatic rings. The molecule has 0 spiro atoms. The van der Waals surface area contributed by atoms with E-state index in [1.165, 1.54) is 34.3 Å². The largest absolute Gasteiger partial charge is 0.493 e. The molecular weight excluding hydrogens is 388 g/mol. The van der Waals surface area contributed by atoms with Crippen LogP contribution in [0.3, 0.4) is 0 Å². The maximum atomic E-state index is 12.2. The molecule has 2 aromatic rings. The van der Waals surface area contributed by atoms with Gasteiger partial charge in [-0.15, -0.1) is 0 Å². The van der Waals surface area contributed by atoms with E-state index in [1.807, 2.05) is 6.92 Å². The molecule has 0 atom stereocenters. The van der Waals surface area contributed by atoms with Crippen molar-refractivity contribution in [3.8, 4) is 23.0 Å². The van der Waals surface area contributed by atoms with Gasteiger partial charge in [-0.3, -0.25) is 4.79 Å². The van der Waals surface area contributed by atoms with Crippen molar-refractivity contribution in [3.05, 3.63) is 53.1 Å². The van der Waals surface area contributed by atoms with Crippen molar-refractivity contribution in [2.45, 2.75) is 20.5 Å². The Hall–Kier alpha value is -3.48. The van der Waals surface area contributed by atoms with Gasteiger partial charge < -0.3 is 23.7 Å². The minimum absolute atomic E-state index is 0.0190. The van der Waals surface area contributed by atoms with E-state index in [9.17, 15) is 9.59 Å². The van der Waals surface area contributed by atoms with Crippen molar-refractivity contribution in [3.63, 3.8) is 0 Å². The first kappa shape index (κ1) is 22.8. The summed E-state index contributed by atoms with van der Waals surface area (Å²) in [4.78, 5) is 23.8. The summed E-state index contributed by atoms with van der Waals surface area (Å²) in [6.45, 7) is 3.77. The summed E-state index contributed by atoms with van der Waals surface area (Å²) in [5.41, 5.74) is 1.83. The highest BCUT2D eigenvalue weighted by Crippen LogP contribution is 2.38. The van der Waals surface area contributed by atoms with Crippen LogP contribution in [-0.4, -0.2) is 39.7 Å². The van der Waals surface area contributed by atoms with Crippen LogP contribution < -0.4 is 18.9 Å². The number of esters is 1. The average Bonchev–Trinajstić information content (AvgIpc) is 2.75. The van der Waals surface area contributed by atoms with E-state index < -0.39 is 5.97 Å². The Bertz CT molecular complexity index is 906. The number of hydrogen-bond donors (Lipinski definition) is 0. The van der Waals surface area contributed by atoms with Crippen LogP contribution in [0, 0.1) is 0 Å². The van der Waals surface area contributed by atoms with Crippen LogP contribution in [0.1, 0.15) is 35.3 Å². The van der Waals surface area contributed by atoms with E-state index in [4.69, 9.17) is 23.7 Å². The van der Waals surface area contributed by atoms with Crippen molar-refractivity contribution in [2.75, 3.05) is 27.9 Å². The van der Waals surface area contributed by atoms with Gasteiger partial charge in [0.2, 0.25) is 5.75 Å². The Morgan fingerprint density at radius 2 is 1.60 bits per heavy atom. The van der Waals surface area contributed by atoms with Gasteiger partial charge >= 0.3 is 5.97 Å². The summed E-state index contributed by atoms with van der Waals surface area (Å²) in [6, 6.07) is 8.49. The van der Waals surface area contributed by atoms with Gasteiger partial charge in [-0.25, -0.2) is 4.79 Å². The van der Waals surface area contributed by atoms with Crippen LogP contribution in [0.25, 0.3) is 6.08 Å². The van der Waals surface area contributed by atoms with Crippen molar-refractivity contribution in [1.29, 1.82) is 0 Å². The Morgan fingerprint density at radius 1 is 0.933 bits per heavy atom. The normalized spacial score (nSPS) is 10.6. The van der Waals surface area contributed by atoms with Gasteiger partial charge in [-0.05, 0) is 55.8 Å². The summed E-state index contributed by atoms with van der Waals surface area (Å²) < 4.78 is 26.8. The van der Waals surface area contributed by atoms with E-state index in [0.29, 0.717) is 46.3 Å². The second-order valence-corrected chi connectivity index (χ2v) is 6.21. The third-order valence-electron chi connectivity index (χ3n) is 4.24. The van der Waals surface area contributed by atoms with Crippen LogP contribution >= 0.6 is 0 Å². The van der Waals surface area contributed by atoms with Crippen LogP contribution in [0.2, 0.25) is 0 Å². The smallest absolute Gasteiger partial charge is 0.331 e. The molecule has 2 aromatic carbocycles. The number of ether oxygens (including phenoxy) is 5. The molecule has 7 nitrogen and oxygen atoms in total. The average molecular weight is 414 g/mol. The number of carbonyl (C=O) groups excluding carboxylic acids is 2. The molecule has 0 aromatic heterocycles. The van der Waals surface area contributed by atoms with Crippen LogP contribution in [0.4, 0.5) is 0 Å². The number of benzene rings is 2. The molecule has 2 rings (SSSR count). The molecule has 0 bridgehead atoms. The maximum absolute atomic E-state index is 12.2. The lowest BCUT2D eigenvalue weighted by molar-refractivity contribution is -0.138. The number of ketones is 1. The van der Waals surface area contributed by atoms with Crippen LogP contribution in [0.5, 0.6) is 23.0 Å². The van der Waals surface area contributed by atoms with Gasteiger partial charge in [0.05, 0.1) is 27.9 Å². The molecule has 0 fully saturated rings. The maximum Gasteiger partial charge on any atom is 0.331 e. The molecule has 160 valence electrons. The highest BCUT2D eigenvalue weighted by atomic mass is 16.5. The molecule has 0 saturated carbocycles. The molecular formula is C23H26O7. The third-order valence-corrected chi connectivity index (χ3v) is 4.24. The van der Waals surface area contributed by atoms with Gasteiger partial charge in [0.15, 0.2) is 17.3 Å². The molecule has 0 unspecified atom stereocenters. The lowest BCUT2D eigenvalue weighted by atomic mass is 10.1. The standard InChI is InChI=1S/C23H26O7/c1-6-29-19-9-8-17(15(2)24)13-18(19)14-30-22(25)10-7-16-11-20(26-3)23(28-5)21(12-16)27-4/h7-13H,6,14H2,1-5H3. The Morgan fingerprint density at radius 3 is 2.13 bits per heavy atom. The summed E-state index contributed by atoms with van der Waals surface area (Å²) >= 11 is 0. The van der Waals surface area contributed by atoms with Gasteiger partial charge in [0, 0.05) is 17.2 Å². The topological polar surface area (TPSA) is 80.3 Å². The first-order valence-electron chi connectivity index (χ1n) is 9.35. The summed E-state index contributed by atoms with van der Waals surface area (Å²) in [5, 5.41) is 0. The Labute approximate surface area is 176 Å². The molecule has 30 heavy (non-hydrogen) atoms. The zero-order valence-electron chi connectivity index (χ0n) is 17.8. The van der Waals surface area contributed by atoms with E-state index in [1.54, 1.807) is 36.4 Å². The Kier molecular flexibility index (Phi) is 8.29. The van der Waals surface area contributed by atoms with Crippen LogP contribution in [-0.2, 0) is 16.1 Å². The second-order valence-electron chi connectivity index (χ2n) is 6.21. The molecule has 0 heterocycles. The first-order valence-corrected chi connectivity index (χ1v) is 9.35. The number of carbonyl (C=O) groups is 2. The van der Waals surface area contributed by atoms with Gasteiger partial charge in [-0.2, -0.15) is 0 Å². The highest BCUT2D eigenvalue weighted by molar-refractivity contribution is 5.94. The van der Waals surface area contributed by atoms with E-state index in [-0.39, 0.29) is 12.4 Å². The SMILES string of the molecule is CCOc1ccc(C(C)=O)cc1COC(=O)C=Cc1cc(OC)c(OC)c(OC)c1. The van der Waals surface area contributed by atoms with Gasteiger partial charge in [-0.1, -0.05) is 0 Å². The molecule has 0 N–H and O–H groups in total. The van der Waals surface area contributed by atoms with Crippen molar-refractivity contribution < 1.29 is 33.3 Å². The zero-order valence-corrected chi connectivity index (χ0v) is 17.8.